The number of rotatable bonds is 4. The first-order valence-corrected chi connectivity index (χ1v) is 7.73. The smallest absolute Gasteiger partial charge is 0.328 e. The van der Waals surface area contributed by atoms with Crippen LogP contribution in [0.25, 0.3) is 0 Å². The number of fused-ring (bicyclic) bond motifs is 1. The highest BCUT2D eigenvalue weighted by molar-refractivity contribution is 5.71. The maximum Gasteiger partial charge on any atom is 0.328 e. The van der Waals surface area contributed by atoms with Crippen molar-refractivity contribution in [3.63, 3.8) is 0 Å². The molecule has 0 spiro atoms. The molecule has 1 heterocycles. The van der Waals surface area contributed by atoms with Gasteiger partial charge in [-0.1, -0.05) is 0 Å². The number of carboxylic acid groups (broad SMARTS) is 1. The zero-order valence-electron chi connectivity index (χ0n) is 13.7. The molecule has 0 fully saturated rings. The number of carbonyl (C=O) groups excluding carboxylic acids is 1. The Morgan fingerprint density at radius 3 is 2.39 bits per heavy atom. The number of aromatic nitrogens is 2. The summed E-state index contributed by atoms with van der Waals surface area (Å²) >= 11 is 0. The Bertz CT molecular complexity index is 685. The van der Waals surface area contributed by atoms with Crippen LogP contribution in [0.5, 0.6) is 0 Å². The fourth-order valence-electron chi connectivity index (χ4n) is 2.76. The Labute approximate surface area is 134 Å². The van der Waals surface area contributed by atoms with Crippen LogP contribution in [0.1, 0.15) is 50.4 Å². The van der Waals surface area contributed by atoms with Crippen LogP contribution in [0.15, 0.2) is 4.79 Å². The molecule has 0 aromatic carbocycles. The van der Waals surface area contributed by atoms with Gasteiger partial charge >= 0.3 is 11.9 Å². The molecule has 7 nitrogen and oxygen atoms in total. The molecule has 2 rings (SSSR count). The quantitative estimate of drug-likeness (QED) is 0.833. The molecular formula is C16H22N2O5. The molecule has 1 N–H and O–H groups in total. The predicted molar refractivity (Wildman–Crippen MR) is 82.3 cm³/mol. The van der Waals surface area contributed by atoms with Crippen molar-refractivity contribution in [2.75, 3.05) is 0 Å². The Hall–Kier alpha value is -2.18. The minimum Gasteiger partial charge on any atom is -0.481 e. The van der Waals surface area contributed by atoms with Crippen molar-refractivity contribution in [2.24, 2.45) is 0 Å². The third kappa shape index (κ3) is 4.40. The number of hydrogen-bond donors (Lipinski definition) is 1. The average molecular weight is 322 g/mol. The van der Waals surface area contributed by atoms with Gasteiger partial charge in [-0.25, -0.2) is 4.68 Å². The van der Waals surface area contributed by atoms with Crippen LogP contribution in [0.3, 0.4) is 0 Å². The maximum atomic E-state index is 12.5. The molecule has 1 aliphatic carbocycles. The van der Waals surface area contributed by atoms with Gasteiger partial charge in [0.2, 0.25) is 0 Å². The van der Waals surface area contributed by atoms with Crippen LogP contribution in [0.4, 0.5) is 0 Å². The van der Waals surface area contributed by atoms with E-state index in [1.54, 1.807) is 20.8 Å². The van der Waals surface area contributed by atoms with E-state index < -0.39 is 17.5 Å². The highest BCUT2D eigenvalue weighted by Gasteiger charge is 2.23. The molecule has 7 heteroatoms. The normalized spacial score (nSPS) is 14.2. The van der Waals surface area contributed by atoms with E-state index in [9.17, 15) is 14.4 Å². The molecule has 0 radical (unpaired) electrons. The lowest BCUT2D eigenvalue weighted by atomic mass is 9.91. The van der Waals surface area contributed by atoms with E-state index in [-0.39, 0.29) is 18.5 Å². The largest absolute Gasteiger partial charge is 0.481 e. The van der Waals surface area contributed by atoms with Gasteiger partial charge in [-0.05, 0) is 52.0 Å². The van der Waals surface area contributed by atoms with Gasteiger partial charge in [-0.2, -0.15) is 5.10 Å². The van der Waals surface area contributed by atoms with Crippen molar-refractivity contribution in [3.8, 4) is 0 Å². The highest BCUT2D eigenvalue weighted by atomic mass is 16.6. The van der Waals surface area contributed by atoms with Gasteiger partial charge in [-0.15, -0.1) is 0 Å². The Morgan fingerprint density at radius 2 is 1.83 bits per heavy atom. The van der Waals surface area contributed by atoms with E-state index in [4.69, 9.17) is 9.84 Å². The summed E-state index contributed by atoms with van der Waals surface area (Å²) in [5.41, 5.74) is 0.726. The summed E-state index contributed by atoms with van der Waals surface area (Å²) in [6.45, 7) is 4.91. The number of esters is 1. The van der Waals surface area contributed by atoms with Gasteiger partial charge in [0.1, 0.15) is 12.1 Å². The number of aliphatic carboxylic acids is 1. The zero-order valence-corrected chi connectivity index (χ0v) is 13.7. The fraction of sp³-hybridized carbons (Fsp3) is 0.625. The molecule has 0 unspecified atom stereocenters. The summed E-state index contributed by atoms with van der Waals surface area (Å²) < 4.78 is 6.24. The average Bonchev–Trinajstić information content (AvgIpc) is 2.41. The van der Waals surface area contributed by atoms with Gasteiger partial charge < -0.3 is 9.84 Å². The first kappa shape index (κ1) is 17.2. The van der Waals surface area contributed by atoms with Crippen LogP contribution in [-0.4, -0.2) is 32.4 Å². The van der Waals surface area contributed by atoms with Crippen LogP contribution >= 0.6 is 0 Å². The van der Waals surface area contributed by atoms with Crippen LogP contribution < -0.4 is 5.56 Å². The van der Waals surface area contributed by atoms with Crippen LogP contribution in [0, 0.1) is 0 Å². The van der Waals surface area contributed by atoms with E-state index in [2.05, 4.69) is 5.10 Å². The van der Waals surface area contributed by atoms with Gasteiger partial charge in [-0.3, -0.25) is 14.4 Å². The standard InChI is InChI=1S/C16H22N2O5/c1-16(2,3)23-14(21)9-18-15(22)11-7-5-4-6-10(11)12(17-18)8-13(19)20/h4-9H2,1-3H3,(H,19,20). The maximum absolute atomic E-state index is 12.5. The molecule has 23 heavy (non-hydrogen) atoms. The van der Waals surface area contributed by atoms with Crippen molar-refractivity contribution < 1.29 is 19.4 Å². The van der Waals surface area contributed by atoms with Crippen LogP contribution in [0.2, 0.25) is 0 Å². The lowest BCUT2D eigenvalue weighted by Gasteiger charge is -2.21. The molecular weight excluding hydrogens is 300 g/mol. The predicted octanol–water partition coefficient (Wildman–Crippen LogP) is 1.09. The highest BCUT2D eigenvalue weighted by Crippen LogP contribution is 2.21. The molecule has 0 amide bonds. The number of hydrogen-bond acceptors (Lipinski definition) is 5. The van der Waals surface area contributed by atoms with Crippen molar-refractivity contribution in [3.05, 3.63) is 27.2 Å². The van der Waals surface area contributed by atoms with E-state index in [1.165, 1.54) is 0 Å². The second kappa shape index (κ2) is 6.52. The SMILES string of the molecule is CC(C)(C)OC(=O)Cn1nc(CC(=O)O)c2c(c1=O)CCCC2. The molecule has 1 aromatic rings. The number of carboxylic acids is 1. The van der Waals surface area contributed by atoms with E-state index in [1.807, 2.05) is 0 Å². The Morgan fingerprint density at radius 1 is 1.22 bits per heavy atom. The molecule has 1 aromatic heterocycles. The molecule has 1 aliphatic rings. The molecule has 0 saturated carbocycles. The van der Waals surface area contributed by atoms with E-state index in [0.717, 1.165) is 23.1 Å². The van der Waals surface area contributed by atoms with Crippen molar-refractivity contribution in [1.29, 1.82) is 0 Å². The third-order valence-corrected chi connectivity index (χ3v) is 3.57. The van der Waals surface area contributed by atoms with Gasteiger partial charge in [0.15, 0.2) is 0 Å². The zero-order chi connectivity index (χ0) is 17.2. The topological polar surface area (TPSA) is 98.5 Å². The van der Waals surface area contributed by atoms with Crippen LogP contribution in [-0.2, 0) is 40.1 Å². The molecule has 0 saturated heterocycles. The lowest BCUT2D eigenvalue weighted by Crippen LogP contribution is -2.36. The Balaban J connectivity index is 2.38. The summed E-state index contributed by atoms with van der Waals surface area (Å²) in [5.74, 6) is -1.57. The van der Waals surface area contributed by atoms with Crippen molar-refractivity contribution >= 4 is 11.9 Å². The molecule has 0 bridgehead atoms. The lowest BCUT2D eigenvalue weighted by molar-refractivity contribution is -0.155. The number of nitrogens with zero attached hydrogens (tertiary/aromatic N) is 2. The minimum atomic E-state index is -1.01. The minimum absolute atomic E-state index is 0.253. The van der Waals surface area contributed by atoms with Crippen molar-refractivity contribution in [2.45, 2.75) is 65.0 Å². The molecule has 0 aliphatic heterocycles. The first-order valence-electron chi connectivity index (χ1n) is 7.73. The number of ether oxygens (including phenoxy) is 1. The second-order valence-electron chi connectivity index (χ2n) is 6.73. The fourth-order valence-corrected chi connectivity index (χ4v) is 2.76. The summed E-state index contributed by atoms with van der Waals surface area (Å²) in [6, 6.07) is 0. The van der Waals surface area contributed by atoms with E-state index >= 15 is 0 Å². The Kier molecular flexibility index (Phi) is 4.87. The van der Waals surface area contributed by atoms with Gasteiger partial charge in [0.05, 0.1) is 12.1 Å². The van der Waals surface area contributed by atoms with E-state index in [0.29, 0.717) is 24.1 Å². The van der Waals surface area contributed by atoms with Crippen molar-refractivity contribution in [1.82, 2.24) is 9.78 Å². The summed E-state index contributed by atoms with van der Waals surface area (Å²) in [6.07, 6.45) is 2.80. The summed E-state index contributed by atoms with van der Waals surface area (Å²) in [5, 5.41) is 13.2. The molecule has 126 valence electrons. The van der Waals surface area contributed by atoms with Gasteiger partial charge in [0.25, 0.3) is 5.56 Å². The summed E-state index contributed by atoms with van der Waals surface area (Å²) in [7, 11) is 0. The molecule has 0 atom stereocenters. The summed E-state index contributed by atoms with van der Waals surface area (Å²) in [4.78, 5) is 35.5. The first-order chi connectivity index (χ1) is 10.7. The van der Waals surface area contributed by atoms with Gasteiger partial charge in [0, 0.05) is 5.56 Å². The third-order valence-electron chi connectivity index (χ3n) is 3.57. The monoisotopic (exact) mass is 322 g/mol. The second-order valence-corrected chi connectivity index (χ2v) is 6.73. The number of carbonyl (C=O) groups is 2.